The number of nitrogens with one attached hydrogen (secondary N) is 1. The van der Waals surface area contributed by atoms with E-state index in [9.17, 15) is 0 Å². The summed E-state index contributed by atoms with van der Waals surface area (Å²) in [6.07, 6.45) is 2.98. The first-order valence-electron chi connectivity index (χ1n) is 4.13. The van der Waals surface area contributed by atoms with Gasteiger partial charge in [0, 0.05) is 0 Å². The summed E-state index contributed by atoms with van der Waals surface area (Å²) in [6.45, 7) is 2.43. The lowest BCUT2D eigenvalue weighted by Crippen LogP contribution is -2.03. The minimum absolute atomic E-state index is 0.481. The van der Waals surface area contributed by atoms with Gasteiger partial charge in [0.05, 0.1) is 12.7 Å². The molecule has 0 amide bonds. The normalized spacial score (nSPS) is 10.1. The van der Waals surface area contributed by atoms with Crippen molar-refractivity contribution in [2.75, 3.05) is 5.32 Å². The van der Waals surface area contributed by atoms with Gasteiger partial charge < -0.3 is 9.84 Å². The molecule has 0 aliphatic rings. The summed E-state index contributed by atoms with van der Waals surface area (Å²) >= 11 is 0. The van der Waals surface area contributed by atoms with Gasteiger partial charge in [0.2, 0.25) is 6.39 Å². The number of nitrogens with zero attached hydrogens (tertiary/aromatic N) is 4. The Labute approximate surface area is 80.4 Å². The molecule has 0 aromatic carbocycles. The van der Waals surface area contributed by atoms with E-state index < -0.39 is 0 Å². The fourth-order valence-electron chi connectivity index (χ4n) is 0.990. The zero-order valence-electron chi connectivity index (χ0n) is 7.64. The van der Waals surface area contributed by atoms with Crippen LogP contribution in [-0.2, 0) is 6.54 Å². The van der Waals surface area contributed by atoms with Crippen LogP contribution in [0.1, 0.15) is 11.4 Å². The second-order valence-corrected chi connectivity index (χ2v) is 2.82. The fourth-order valence-corrected chi connectivity index (χ4v) is 0.990. The molecule has 72 valence electrons. The lowest BCUT2D eigenvalue weighted by molar-refractivity contribution is 0.411. The summed E-state index contributed by atoms with van der Waals surface area (Å²) in [7, 11) is 0. The Morgan fingerprint density at radius 1 is 1.50 bits per heavy atom. The van der Waals surface area contributed by atoms with Crippen molar-refractivity contribution in [2.24, 2.45) is 0 Å². The summed E-state index contributed by atoms with van der Waals surface area (Å²) in [6, 6.07) is 1.90. The molecule has 0 saturated heterocycles. The molecule has 0 spiro atoms. The van der Waals surface area contributed by atoms with Gasteiger partial charge in [0.25, 0.3) is 0 Å². The second-order valence-electron chi connectivity index (χ2n) is 2.82. The summed E-state index contributed by atoms with van der Waals surface area (Å²) in [5.74, 6) is 1.29. The lowest BCUT2D eigenvalue weighted by Gasteiger charge is -2.01. The number of rotatable bonds is 3. The molecule has 2 aromatic rings. The Morgan fingerprint density at radius 2 is 2.43 bits per heavy atom. The van der Waals surface area contributed by atoms with E-state index in [0.717, 1.165) is 5.56 Å². The lowest BCUT2D eigenvalue weighted by atomic mass is 10.3. The molecule has 2 heterocycles. The standard InChI is InChI=1S/C8H9N5O/c1-6-2-7(12-11-3-6)9-4-8-10-5-14-13-8/h2-3,5H,4H2,1H3,(H,9,12). The first kappa shape index (κ1) is 8.61. The van der Waals surface area contributed by atoms with Crippen LogP contribution in [0, 0.1) is 6.92 Å². The summed E-state index contributed by atoms with van der Waals surface area (Å²) in [4.78, 5) is 3.87. The fraction of sp³-hybridized carbons (Fsp3) is 0.250. The van der Waals surface area contributed by atoms with Crippen LogP contribution in [-0.4, -0.2) is 20.3 Å². The van der Waals surface area contributed by atoms with Gasteiger partial charge in [-0.2, -0.15) is 10.1 Å². The molecule has 2 aromatic heterocycles. The van der Waals surface area contributed by atoms with Gasteiger partial charge in [-0.15, -0.1) is 5.10 Å². The van der Waals surface area contributed by atoms with E-state index in [-0.39, 0.29) is 0 Å². The first-order valence-corrected chi connectivity index (χ1v) is 4.13. The van der Waals surface area contributed by atoms with Crippen LogP contribution in [0.25, 0.3) is 0 Å². The first-order chi connectivity index (χ1) is 6.84. The SMILES string of the molecule is Cc1cnnc(NCc2ncon2)c1. The maximum Gasteiger partial charge on any atom is 0.213 e. The Hall–Kier alpha value is -1.98. The molecule has 0 aliphatic carbocycles. The zero-order valence-corrected chi connectivity index (χ0v) is 7.64. The van der Waals surface area contributed by atoms with Crippen LogP contribution >= 0.6 is 0 Å². The quantitative estimate of drug-likeness (QED) is 0.772. The Bertz CT molecular complexity index is 400. The van der Waals surface area contributed by atoms with E-state index in [1.807, 2.05) is 13.0 Å². The molecular formula is C8H9N5O. The smallest absolute Gasteiger partial charge is 0.213 e. The Kier molecular flexibility index (Phi) is 2.35. The summed E-state index contributed by atoms with van der Waals surface area (Å²) in [5.41, 5.74) is 1.05. The van der Waals surface area contributed by atoms with Crippen LogP contribution in [0.5, 0.6) is 0 Å². The van der Waals surface area contributed by atoms with E-state index >= 15 is 0 Å². The van der Waals surface area contributed by atoms with Crippen LogP contribution < -0.4 is 5.32 Å². The molecule has 14 heavy (non-hydrogen) atoms. The summed E-state index contributed by atoms with van der Waals surface area (Å²) in [5, 5.41) is 14.4. The Balaban J connectivity index is 1.98. The number of aryl methyl sites for hydroxylation is 1. The maximum absolute atomic E-state index is 4.59. The molecule has 0 saturated carbocycles. The van der Waals surface area contributed by atoms with Gasteiger partial charge in [-0.05, 0) is 18.6 Å². The van der Waals surface area contributed by atoms with E-state index in [1.54, 1.807) is 6.20 Å². The van der Waals surface area contributed by atoms with Gasteiger partial charge in [-0.3, -0.25) is 0 Å². The summed E-state index contributed by atoms with van der Waals surface area (Å²) < 4.78 is 4.59. The van der Waals surface area contributed by atoms with E-state index in [4.69, 9.17) is 0 Å². The highest BCUT2D eigenvalue weighted by atomic mass is 16.5. The molecule has 0 radical (unpaired) electrons. The predicted molar refractivity (Wildman–Crippen MR) is 48.4 cm³/mol. The third-order valence-electron chi connectivity index (χ3n) is 1.63. The minimum atomic E-state index is 0.481. The highest BCUT2D eigenvalue weighted by Gasteiger charge is 1.99. The maximum atomic E-state index is 4.59. The third-order valence-corrected chi connectivity index (χ3v) is 1.63. The molecule has 0 unspecified atom stereocenters. The topological polar surface area (TPSA) is 76.7 Å². The molecular weight excluding hydrogens is 182 g/mol. The molecule has 0 bridgehead atoms. The van der Waals surface area contributed by atoms with Crippen molar-refractivity contribution in [3.05, 3.63) is 30.0 Å². The van der Waals surface area contributed by atoms with Crippen molar-refractivity contribution >= 4 is 5.82 Å². The van der Waals surface area contributed by atoms with Crippen molar-refractivity contribution in [1.29, 1.82) is 0 Å². The molecule has 0 aliphatic heterocycles. The van der Waals surface area contributed by atoms with Crippen molar-refractivity contribution in [2.45, 2.75) is 13.5 Å². The van der Waals surface area contributed by atoms with E-state index in [1.165, 1.54) is 6.39 Å². The predicted octanol–water partition coefficient (Wildman–Crippen LogP) is 0.780. The average molecular weight is 191 g/mol. The average Bonchev–Trinajstić information content (AvgIpc) is 2.67. The molecule has 6 nitrogen and oxygen atoms in total. The van der Waals surface area contributed by atoms with Crippen molar-refractivity contribution < 1.29 is 4.52 Å². The number of hydrogen-bond acceptors (Lipinski definition) is 6. The number of hydrogen-bond donors (Lipinski definition) is 1. The zero-order chi connectivity index (χ0) is 9.80. The number of aromatic nitrogens is 4. The second kappa shape index (κ2) is 3.82. The van der Waals surface area contributed by atoms with Crippen molar-refractivity contribution in [1.82, 2.24) is 20.3 Å². The molecule has 1 N–H and O–H groups in total. The van der Waals surface area contributed by atoms with Gasteiger partial charge >= 0.3 is 0 Å². The Morgan fingerprint density at radius 3 is 3.14 bits per heavy atom. The van der Waals surface area contributed by atoms with Gasteiger partial charge in [0.15, 0.2) is 5.82 Å². The highest BCUT2D eigenvalue weighted by Crippen LogP contribution is 2.04. The highest BCUT2D eigenvalue weighted by molar-refractivity contribution is 5.34. The van der Waals surface area contributed by atoms with Gasteiger partial charge in [-0.1, -0.05) is 5.16 Å². The van der Waals surface area contributed by atoms with Crippen molar-refractivity contribution in [3.8, 4) is 0 Å². The third kappa shape index (κ3) is 2.03. The monoisotopic (exact) mass is 191 g/mol. The number of anilines is 1. The van der Waals surface area contributed by atoms with Crippen LogP contribution in [0.2, 0.25) is 0 Å². The van der Waals surface area contributed by atoms with E-state index in [0.29, 0.717) is 18.2 Å². The van der Waals surface area contributed by atoms with Gasteiger partial charge in [-0.25, -0.2) is 0 Å². The molecule has 0 atom stereocenters. The molecule has 2 rings (SSSR count). The minimum Gasteiger partial charge on any atom is -0.361 e. The van der Waals surface area contributed by atoms with Gasteiger partial charge in [0.1, 0.15) is 5.82 Å². The van der Waals surface area contributed by atoms with Crippen LogP contribution in [0.4, 0.5) is 5.82 Å². The van der Waals surface area contributed by atoms with E-state index in [2.05, 4.69) is 30.2 Å². The van der Waals surface area contributed by atoms with Crippen molar-refractivity contribution in [3.63, 3.8) is 0 Å². The van der Waals surface area contributed by atoms with Crippen LogP contribution in [0.15, 0.2) is 23.2 Å². The molecule has 6 heteroatoms. The largest absolute Gasteiger partial charge is 0.361 e. The van der Waals surface area contributed by atoms with Crippen LogP contribution in [0.3, 0.4) is 0 Å². The molecule has 0 fully saturated rings.